The van der Waals surface area contributed by atoms with Crippen molar-refractivity contribution in [1.82, 2.24) is 4.90 Å². The lowest BCUT2D eigenvalue weighted by atomic mass is 9.88. The average molecular weight is 475 g/mol. The van der Waals surface area contributed by atoms with E-state index in [2.05, 4.69) is 97.2 Å². The Bertz CT molecular complexity index is 1180. The van der Waals surface area contributed by atoms with Crippen molar-refractivity contribution in [2.45, 2.75) is 25.7 Å². The van der Waals surface area contributed by atoms with E-state index in [4.69, 9.17) is 0 Å². The van der Waals surface area contributed by atoms with Crippen molar-refractivity contribution in [3.63, 3.8) is 0 Å². The third-order valence-electron chi connectivity index (χ3n) is 6.43. The van der Waals surface area contributed by atoms with Gasteiger partial charge < -0.3 is 10.2 Å². The van der Waals surface area contributed by atoms with Gasteiger partial charge in [0.2, 0.25) is 0 Å². The van der Waals surface area contributed by atoms with E-state index in [-0.39, 0.29) is 11.9 Å². The molecule has 0 bridgehead atoms. The van der Waals surface area contributed by atoms with Crippen molar-refractivity contribution >= 4 is 17.8 Å². The molecule has 3 heteroatoms. The molecule has 0 atom stereocenters. The smallest absolute Gasteiger partial charge is 0.321 e. The minimum Gasteiger partial charge on any atom is -0.321 e. The Balaban J connectivity index is 1.52. The highest BCUT2D eigenvalue weighted by Gasteiger charge is 2.18. The molecule has 0 unspecified atom stereocenters. The van der Waals surface area contributed by atoms with E-state index in [0.717, 1.165) is 24.1 Å². The standard InChI is InChI=1S/C33H34N2O/c1-2-27-20-22-31(23-21-27)34-33(36)35(25-12-15-28-13-6-3-7-14-28)26-24-32(29-16-8-4-9-17-29)30-18-10-5-11-19-30/h3-23,32H,2,24-26H2,1H3,(H,34,36)/b15-12-. The Hall–Kier alpha value is -4.11. The van der Waals surface area contributed by atoms with Crippen molar-refractivity contribution in [1.29, 1.82) is 0 Å². The molecule has 36 heavy (non-hydrogen) atoms. The maximum absolute atomic E-state index is 13.4. The van der Waals surface area contributed by atoms with E-state index in [1.807, 2.05) is 47.4 Å². The van der Waals surface area contributed by atoms with Crippen molar-refractivity contribution in [2.75, 3.05) is 18.4 Å². The number of benzene rings is 4. The van der Waals surface area contributed by atoms with Crippen LogP contribution in [-0.2, 0) is 6.42 Å². The first kappa shape index (κ1) is 25.0. The van der Waals surface area contributed by atoms with E-state index in [0.29, 0.717) is 13.1 Å². The van der Waals surface area contributed by atoms with Crippen LogP contribution in [0.25, 0.3) is 6.08 Å². The Kier molecular flexibility index (Phi) is 9.10. The molecule has 4 rings (SSSR count). The minimum absolute atomic E-state index is 0.0863. The third-order valence-corrected chi connectivity index (χ3v) is 6.43. The van der Waals surface area contributed by atoms with Gasteiger partial charge in [-0.1, -0.05) is 122 Å². The van der Waals surface area contributed by atoms with Gasteiger partial charge >= 0.3 is 6.03 Å². The summed E-state index contributed by atoms with van der Waals surface area (Å²) in [5.41, 5.74) is 5.72. The molecule has 4 aromatic carbocycles. The van der Waals surface area contributed by atoms with Crippen LogP contribution < -0.4 is 5.32 Å². The number of rotatable bonds is 10. The summed E-state index contributed by atoms with van der Waals surface area (Å²) in [6, 6.07) is 39.3. The number of amides is 2. The monoisotopic (exact) mass is 474 g/mol. The lowest BCUT2D eigenvalue weighted by Crippen LogP contribution is -2.36. The number of anilines is 1. The lowest BCUT2D eigenvalue weighted by Gasteiger charge is -2.25. The normalized spacial score (nSPS) is 11.1. The van der Waals surface area contributed by atoms with Crippen LogP contribution in [0.3, 0.4) is 0 Å². The zero-order valence-corrected chi connectivity index (χ0v) is 20.9. The predicted molar refractivity (Wildman–Crippen MR) is 151 cm³/mol. The quantitative estimate of drug-likeness (QED) is 0.248. The van der Waals surface area contributed by atoms with Crippen LogP contribution in [0.15, 0.2) is 121 Å². The molecule has 0 spiro atoms. The van der Waals surface area contributed by atoms with Gasteiger partial charge in [-0.15, -0.1) is 0 Å². The number of urea groups is 1. The Morgan fingerprint density at radius 1 is 0.778 bits per heavy atom. The topological polar surface area (TPSA) is 32.3 Å². The zero-order valence-electron chi connectivity index (χ0n) is 20.9. The van der Waals surface area contributed by atoms with Crippen LogP contribution >= 0.6 is 0 Å². The van der Waals surface area contributed by atoms with Crippen LogP contribution in [0, 0.1) is 0 Å². The lowest BCUT2D eigenvalue weighted by molar-refractivity contribution is 0.216. The van der Waals surface area contributed by atoms with Crippen molar-refractivity contribution in [3.8, 4) is 0 Å². The Morgan fingerprint density at radius 3 is 1.89 bits per heavy atom. The van der Waals surface area contributed by atoms with Gasteiger partial charge in [-0.25, -0.2) is 4.79 Å². The van der Waals surface area contributed by atoms with Crippen molar-refractivity contribution < 1.29 is 4.79 Å². The van der Waals surface area contributed by atoms with Gasteiger partial charge in [0.15, 0.2) is 0 Å². The molecule has 182 valence electrons. The van der Waals surface area contributed by atoms with Gasteiger partial charge in [0.25, 0.3) is 0 Å². The third kappa shape index (κ3) is 7.19. The van der Waals surface area contributed by atoms with E-state index in [1.165, 1.54) is 16.7 Å². The largest absolute Gasteiger partial charge is 0.322 e. The fourth-order valence-electron chi connectivity index (χ4n) is 4.36. The number of hydrogen-bond acceptors (Lipinski definition) is 1. The molecule has 0 aliphatic rings. The van der Waals surface area contributed by atoms with E-state index in [9.17, 15) is 4.79 Å². The fourth-order valence-corrected chi connectivity index (χ4v) is 4.36. The molecule has 0 heterocycles. The van der Waals surface area contributed by atoms with Crippen LogP contribution in [0.5, 0.6) is 0 Å². The molecule has 0 saturated carbocycles. The number of carbonyl (C=O) groups excluding carboxylic acids is 1. The molecule has 3 nitrogen and oxygen atoms in total. The summed E-state index contributed by atoms with van der Waals surface area (Å²) in [6.07, 6.45) is 5.94. The zero-order chi connectivity index (χ0) is 25.0. The van der Waals surface area contributed by atoms with Gasteiger partial charge in [-0.2, -0.15) is 0 Å². The molecule has 0 aromatic heterocycles. The summed E-state index contributed by atoms with van der Waals surface area (Å²) < 4.78 is 0. The summed E-state index contributed by atoms with van der Waals surface area (Å²) in [6.45, 7) is 3.29. The second kappa shape index (κ2) is 13.1. The highest BCUT2D eigenvalue weighted by molar-refractivity contribution is 5.89. The molecule has 0 saturated heterocycles. The molecule has 0 aliphatic heterocycles. The Morgan fingerprint density at radius 2 is 1.33 bits per heavy atom. The fraction of sp³-hybridized carbons (Fsp3) is 0.182. The van der Waals surface area contributed by atoms with Crippen LogP contribution in [0.2, 0.25) is 0 Å². The first-order valence-corrected chi connectivity index (χ1v) is 12.7. The summed E-state index contributed by atoms with van der Waals surface area (Å²) in [4.78, 5) is 15.3. The number of nitrogens with one attached hydrogen (secondary N) is 1. The number of carbonyl (C=O) groups is 1. The first-order valence-electron chi connectivity index (χ1n) is 12.7. The predicted octanol–water partition coefficient (Wildman–Crippen LogP) is 8.02. The average Bonchev–Trinajstić information content (AvgIpc) is 2.94. The van der Waals surface area contributed by atoms with Crippen LogP contribution in [0.4, 0.5) is 10.5 Å². The summed E-state index contributed by atoms with van der Waals surface area (Å²) in [7, 11) is 0. The molecule has 2 amide bonds. The van der Waals surface area contributed by atoms with Crippen LogP contribution in [-0.4, -0.2) is 24.0 Å². The number of aryl methyl sites for hydroxylation is 1. The summed E-state index contributed by atoms with van der Waals surface area (Å²) >= 11 is 0. The molecule has 4 aromatic rings. The van der Waals surface area contributed by atoms with Gasteiger partial charge in [0, 0.05) is 24.7 Å². The Labute approximate surface area is 215 Å². The first-order chi connectivity index (χ1) is 17.7. The van der Waals surface area contributed by atoms with Gasteiger partial charge in [0.05, 0.1) is 0 Å². The van der Waals surface area contributed by atoms with Crippen LogP contribution in [0.1, 0.15) is 41.5 Å². The summed E-state index contributed by atoms with van der Waals surface area (Å²) in [5, 5.41) is 3.10. The summed E-state index contributed by atoms with van der Waals surface area (Å²) in [5.74, 6) is 0.213. The molecule has 1 N–H and O–H groups in total. The second-order valence-electron chi connectivity index (χ2n) is 8.90. The number of hydrogen-bond donors (Lipinski definition) is 1. The van der Waals surface area contributed by atoms with Gasteiger partial charge in [-0.3, -0.25) is 0 Å². The molecular formula is C33H34N2O. The maximum atomic E-state index is 13.4. The van der Waals surface area contributed by atoms with E-state index < -0.39 is 0 Å². The molecule has 0 aliphatic carbocycles. The van der Waals surface area contributed by atoms with Crippen molar-refractivity contribution in [2.24, 2.45) is 0 Å². The van der Waals surface area contributed by atoms with Crippen molar-refractivity contribution in [3.05, 3.63) is 144 Å². The van der Waals surface area contributed by atoms with E-state index in [1.54, 1.807) is 0 Å². The molecule has 0 radical (unpaired) electrons. The highest BCUT2D eigenvalue weighted by atomic mass is 16.2. The second-order valence-corrected chi connectivity index (χ2v) is 8.90. The molecule has 0 fully saturated rings. The number of nitrogens with zero attached hydrogens (tertiary/aromatic N) is 1. The molecular weight excluding hydrogens is 440 g/mol. The van der Waals surface area contributed by atoms with E-state index >= 15 is 0 Å². The minimum atomic E-state index is -0.0863. The van der Waals surface area contributed by atoms with Gasteiger partial charge in [0.1, 0.15) is 0 Å². The highest BCUT2D eigenvalue weighted by Crippen LogP contribution is 2.28. The van der Waals surface area contributed by atoms with Gasteiger partial charge in [-0.05, 0) is 47.2 Å². The maximum Gasteiger partial charge on any atom is 0.322 e. The SMILES string of the molecule is CCc1ccc(NC(=O)N(C/C=C\c2ccccc2)CCC(c2ccccc2)c2ccccc2)cc1.